The molecule has 4 heteroatoms. The van der Waals surface area contributed by atoms with Crippen molar-refractivity contribution in [2.24, 2.45) is 7.05 Å². The first-order chi connectivity index (χ1) is 6.22. The average Bonchev–Trinajstić information content (AvgIpc) is 2.46. The highest BCUT2D eigenvalue weighted by Gasteiger charge is 2.03. The zero-order chi connectivity index (χ0) is 9.42. The first-order valence-electron chi connectivity index (χ1n) is 3.94. The van der Waals surface area contributed by atoms with Crippen LogP contribution in [-0.2, 0) is 7.05 Å². The summed E-state index contributed by atoms with van der Waals surface area (Å²) in [6, 6.07) is 3.79. The summed E-state index contributed by atoms with van der Waals surface area (Å²) in [6.45, 7) is 0. The molecule has 2 rings (SSSR count). The van der Waals surface area contributed by atoms with Crippen LogP contribution in [0.1, 0.15) is 5.69 Å². The summed E-state index contributed by atoms with van der Waals surface area (Å²) >= 11 is 0. The predicted octanol–water partition coefficient (Wildman–Crippen LogP) is 1.15. The molecule has 0 spiro atoms. The molecule has 0 aliphatic heterocycles. The fourth-order valence-electron chi connectivity index (χ4n) is 1.33. The van der Waals surface area contributed by atoms with Gasteiger partial charge in [0.25, 0.3) is 0 Å². The maximum Gasteiger partial charge on any atom is 0.140 e. The van der Waals surface area contributed by atoms with Crippen LogP contribution in [-0.4, -0.2) is 15.8 Å². The number of nitrogens with zero attached hydrogens (tertiary/aromatic N) is 2. The predicted molar refractivity (Wildman–Crippen MR) is 53.0 cm³/mol. The molecule has 0 fully saturated rings. The zero-order valence-corrected chi connectivity index (χ0v) is 7.28. The molecule has 0 amide bonds. The molecule has 13 heavy (non-hydrogen) atoms. The van der Waals surface area contributed by atoms with Crippen molar-refractivity contribution in [1.29, 1.82) is 5.41 Å². The molecule has 3 N–H and O–H groups in total. The molecule has 0 bridgehead atoms. The van der Waals surface area contributed by atoms with E-state index in [9.17, 15) is 0 Å². The molecule has 0 radical (unpaired) electrons. The Morgan fingerprint density at radius 1 is 1.62 bits per heavy atom. The Balaban J connectivity index is 2.84. The Morgan fingerprint density at radius 2 is 2.38 bits per heavy atom. The zero-order valence-electron chi connectivity index (χ0n) is 7.28. The van der Waals surface area contributed by atoms with Crippen molar-refractivity contribution in [3.05, 3.63) is 24.0 Å². The monoisotopic (exact) mass is 174 g/mol. The highest BCUT2D eigenvalue weighted by molar-refractivity contribution is 5.89. The van der Waals surface area contributed by atoms with Gasteiger partial charge in [0, 0.05) is 24.8 Å². The Morgan fingerprint density at radius 3 is 3.08 bits per heavy atom. The summed E-state index contributed by atoms with van der Waals surface area (Å²) < 4.78 is 1.90. The number of anilines is 1. The van der Waals surface area contributed by atoms with E-state index in [-0.39, 0.29) is 0 Å². The van der Waals surface area contributed by atoms with Crippen LogP contribution in [0.4, 0.5) is 5.69 Å². The Kier molecular flexibility index (Phi) is 1.55. The summed E-state index contributed by atoms with van der Waals surface area (Å²) in [5.74, 6) is 0. The van der Waals surface area contributed by atoms with Crippen molar-refractivity contribution in [3.63, 3.8) is 0 Å². The van der Waals surface area contributed by atoms with Crippen molar-refractivity contribution in [1.82, 2.24) is 9.55 Å². The molecule has 2 aromatic heterocycles. The lowest BCUT2D eigenvalue weighted by molar-refractivity contribution is 0.948. The summed E-state index contributed by atoms with van der Waals surface area (Å²) in [7, 11) is 1.92. The van der Waals surface area contributed by atoms with E-state index < -0.39 is 0 Å². The fourth-order valence-corrected chi connectivity index (χ4v) is 1.33. The van der Waals surface area contributed by atoms with Gasteiger partial charge in [-0.2, -0.15) is 0 Å². The van der Waals surface area contributed by atoms with E-state index in [2.05, 4.69) is 4.98 Å². The van der Waals surface area contributed by atoms with E-state index in [0.29, 0.717) is 11.4 Å². The highest BCUT2D eigenvalue weighted by Crippen LogP contribution is 2.17. The van der Waals surface area contributed by atoms with Crippen LogP contribution in [0.15, 0.2) is 18.3 Å². The lowest BCUT2D eigenvalue weighted by Gasteiger charge is -2.00. The van der Waals surface area contributed by atoms with E-state index in [1.165, 1.54) is 6.21 Å². The summed E-state index contributed by atoms with van der Waals surface area (Å²) in [4.78, 5) is 4.25. The lowest BCUT2D eigenvalue weighted by Crippen LogP contribution is -1.98. The van der Waals surface area contributed by atoms with Gasteiger partial charge in [0.1, 0.15) is 11.3 Å². The first kappa shape index (κ1) is 7.79. The van der Waals surface area contributed by atoms with Crippen molar-refractivity contribution in [2.75, 3.05) is 5.73 Å². The van der Waals surface area contributed by atoms with Crippen LogP contribution in [0.5, 0.6) is 0 Å². The number of nitrogens with one attached hydrogen (secondary N) is 1. The number of pyridine rings is 1. The van der Waals surface area contributed by atoms with E-state index in [1.807, 2.05) is 29.9 Å². The quantitative estimate of drug-likeness (QED) is 0.637. The second-order valence-electron chi connectivity index (χ2n) is 2.95. The average molecular weight is 174 g/mol. The number of fused-ring (bicyclic) bond motifs is 1. The molecule has 0 aromatic carbocycles. The van der Waals surface area contributed by atoms with Crippen LogP contribution in [0.2, 0.25) is 0 Å². The minimum atomic E-state index is 0.523. The number of nitrogen functional groups attached to an aromatic ring is 1. The number of aromatic nitrogens is 2. The van der Waals surface area contributed by atoms with Crippen molar-refractivity contribution < 1.29 is 0 Å². The van der Waals surface area contributed by atoms with Gasteiger partial charge in [-0.3, -0.25) is 0 Å². The summed E-state index contributed by atoms with van der Waals surface area (Å²) in [5.41, 5.74) is 7.61. The van der Waals surface area contributed by atoms with Gasteiger partial charge >= 0.3 is 0 Å². The number of hydrogen-bond donors (Lipinski definition) is 2. The second kappa shape index (κ2) is 2.58. The molecule has 0 saturated heterocycles. The second-order valence-corrected chi connectivity index (χ2v) is 2.95. The molecule has 66 valence electrons. The third-order valence-corrected chi connectivity index (χ3v) is 2.04. The molecule has 2 aromatic rings. The smallest absolute Gasteiger partial charge is 0.140 e. The summed E-state index contributed by atoms with van der Waals surface area (Å²) in [5, 5.41) is 8.11. The molecular weight excluding hydrogens is 164 g/mol. The lowest BCUT2D eigenvalue weighted by atomic mass is 10.2. The van der Waals surface area contributed by atoms with Crippen LogP contribution < -0.4 is 5.73 Å². The Labute approximate surface area is 75.5 Å². The topological polar surface area (TPSA) is 67.7 Å². The minimum absolute atomic E-state index is 0.523. The number of aryl methyl sites for hydroxylation is 1. The van der Waals surface area contributed by atoms with Crippen LogP contribution in [0.25, 0.3) is 11.0 Å². The van der Waals surface area contributed by atoms with Gasteiger partial charge < -0.3 is 15.7 Å². The highest BCUT2D eigenvalue weighted by atomic mass is 15.0. The van der Waals surface area contributed by atoms with E-state index in [0.717, 1.165) is 11.0 Å². The van der Waals surface area contributed by atoms with Gasteiger partial charge in [-0.25, -0.2) is 4.98 Å². The molecule has 2 heterocycles. The van der Waals surface area contributed by atoms with Gasteiger partial charge in [-0.05, 0) is 12.1 Å². The number of hydrogen-bond acceptors (Lipinski definition) is 3. The van der Waals surface area contributed by atoms with Gasteiger partial charge in [0.05, 0.1) is 5.69 Å². The Hall–Kier alpha value is -1.84. The summed E-state index contributed by atoms with van der Waals surface area (Å²) in [6.07, 6.45) is 3.09. The van der Waals surface area contributed by atoms with Crippen LogP contribution >= 0.6 is 0 Å². The van der Waals surface area contributed by atoms with Crippen molar-refractivity contribution in [2.45, 2.75) is 0 Å². The Bertz CT molecular complexity index is 470. The number of nitrogens with two attached hydrogens (primary N) is 1. The van der Waals surface area contributed by atoms with E-state index in [4.69, 9.17) is 11.1 Å². The molecule has 4 nitrogen and oxygen atoms in total. The third kappa shape index (κ3) is 1.07. The van der Waals surface area contributed by atoms with Gasteiger partial charge in [0.2, 0.25) is 0 Å². The normalized spacial score (nSPS) is 10.5. The third-order valence-electron chi connectivity index (χ3n) is 2.04. The molecule has 0 aliphatic carbocycles. The standard InChI is InChI=1S/C9H10N4/c1-13-3-2-6-4-7(11)8(5-10)12-9(6)13/h2-5,10H,11H2,1H3. The SMILES string of the molecule is Cn1ccc2cc(N)c(C=N)nc21. The molecule has 0 unspecified atom stereocenters. The first-order valence-corrected chi connectivity index (χ1v) is 3.94. The molecule has 0 aliphatic rings. The van der Waals surface area contributed by atoms with Crippen molar-refractivity contribution >= 4 is 22.9 Å². The van der Waals surface area contributed by atoms with Crippen LogP contribution in [0, 0.1) is 5.41 Å². The number of rotatable bonds is 1. The molecule has 0 saturated carbocycles. The maximum absolute atomic E-state index is 7.11. The maximum atomic E-state index is 7.11. The van der Waals surface area contributed by atoms with Crippen LogP contribution in [0.3, 0.4) is 0 Å². The minimum Gasteiger partial charge on any atom is -0.397 e. The fraction of sp³-hybridized carbons (Fsp3) is 0.111. The van der Waals surface area contributed by atoms with Crippen molar-refractivity contribution in [3.8, 4) is 0 Å². The van der Waals surface area contributed by atoms with Gasteiger partial charge in [-0.15, -0.1) is 0 Å². The van der Waals surface area contributed by atoms with E-state index >= 15 is 0 Å². The largest absolute Gasteiger partial charge is 0.397 e. The van der Waals surface area contributed by atoms with Gasteiger partial charge in [-0.1, -0.05) is 0 Å². The van der Waals surface area contributed by atoms with E-state index in [1.54, 1.807) is 0 Å². The van der Waals surface area contributed by atoms with Gasteiger partial charge in [0.15, 0.2) is 0 Å². The molecular formula is C9H10N4. The molecule has 0 atom stereocenters.